The Morgan fingerprint density at radius 1 is 1.21 bits per heavy atom. The van der Waals surface area contributed by atoms with Crippen LogP contribution in [-0.4, -0.2) is 30.1 Å². The highest BCUT2D eigenvalue weighted by molar-refractivity contribution is 4.99. The van der Waals surface area contributed by atoms with Gasteiger partial charge in [-0.05, 0) is 49.5 Å². The summed E-state index contributed by atoms with van der Waals surface area (Å²) < 4.78 is 0. The molecule has 2 aliphatic rings. The Bertz CT molecular complexity index is 289. The molecule has 0 aromatic carbocycles. The fraction of sp³-hybridized carbons (Fsp3) is 1.00. The van der Waals surface area contributed by atoms with E-state index in [1.165, 1.54) is 45.2 Å². The second-order valence-corrected chi connectivity index (χ2v) is 7.72. The van der Waals surface area contributed by atoms with Crippen molar-refractivity contribution >= 4 is 0 Å². The molecule has 1 saturated carbocycles. The first kappa shape index (κ1) is 15.3. The number of rotatable bonds is 3. The van der Waals surface area contributed by atoms with Gasteiger partial charge < -0.3 is 5.73 Å². The van der Waals surface area contributed by atoms with E-state index in [0.29, 0.717) is 5.54 Å². The fourth-order valence-corrected chi connectivity index (χ4v) is 4.25. The first-order valence-corrected chi connectivity index (χ1v) is 8.43. The minimum atomic E-state index is 0.321. The fourth-order valence-electron chi connectivity index (χ4n) is 4.25. The lowest BCUT2D eigenvalue weighted by molar-refractivity contribution is -0.0132. The zero-order chi connectivity index (χ0) is 14.0. The maximum Gasteiger partial charge on any atom is 0.0334 e. The van der Waals surface area contributed by atoms with Crippen LogP contribution in [0.5, 0.6) is 0 Å². The SMILES string of the molecule is CC(C)C1CCCC(CN)(N2CCC(C)C(C)C2)C1. The lowest BCUT2D eigenvalue weighted by Crippen LogP contribution is -2.60. The van der Waals surface area contributed by atoms with Crippen LogP contribution >= 0.6 is 0 Å². The lowest BCUT2D eigenvalue weighted by Gasteiger charge is -2.52. The molecular weight excluding hydrogens is 232 g/mol. The van der Waals surface area contributed by atoms with Gasteiger partial charge in [0.25, 0.3) is 0 Å². The van der Waals surface area contributed by atoms with Crippen LogP contribution in [0.15, 0.2) is 0 Å². The van der Waals surface area contributed by atoms with Crippen molar-refractivity contribution in [2.24, 2.45) is 29.4 Å². The van der Waals surface area contributed by atoms with Crippen molar-refractivity contribution in [1.29, 1.82) is 0 Å². The molecular formula is C17H34N2. The minimum absolute atomic E-state index is 0.321. The quantitative estimate of drug-likeness (QED) is 0.847. The number of piperidine rings is 1. The second-order valence-electron chi connectivity index (χ2n) is 7.72. The van der Waals surface area contributed by atoms with Crippen molar-refractivity contribution in [2.45, 2.75) is 65.3 Å². The largest absolute Gasteiger partial charge is 0.329 e. The summed E-state index contributed by atoms with van der Waals surface area (Å²) in [5, 5.41) is 0. The molecule has 1 heterocycles. The van der Waals surface area contributed by atoms with Crippen LogP contribution in [0.2, 0.25) is 0 Å². The summed E-state index contributed by atoms with van der Waals surface area (Å²) in [5.41, 5.74) is 6.59. The van der Waals surface area contributed by atoms with E-state index < -0.39 is 0 Å². The number of hydrogen-bond donors (Lipinski definition) is 1. The molecule has 1 saturated heterocycles. The van der Waals surface area contributed by atoms with Crippen LogP contribution in [0.1, 0.15) is 59.8 Å². The van der Waals surface area contributed by atoms with Gasteiger partial charge in [-0.2, -0.15) is 0 Å². The molecule has 19 heavy (non-hydrogen) atoms. The molecule has 0 aromatic rings. The Balaban J connectivity index is 2.09. The first-order valence-electron chi connectivity index (χ1n) is 8.43. The van der Waals surface area contributed by atoms with E-state index in [-0.39, 0.29) is 0 Å². The van der Waals surface area contributed by atoms with Crippen LogP contribution in [-0.2, 0) is 0 Å². The maximum atomic E-state index is 6.27. The highest BCUT2D eigenvalue weighted by atomic mass is 15.2. The molecule has 2 N–H and O–H groups in total. The molecule has 2 nitrogen and oxygen atoms in total. The summed E-state index contributed by atoms with van der Waals surface area (Å²) in [6.07, 6.45) is 6.81. The third-order valence-corrected chi connectivity index (χ3v) is 6.19. The number of likely N-dealkylation sites (tertiary alicyclic amines) is 1. The van der Waals surface area contributed by atoms with Crippen molar-refractivity contribution in [3.05, 3.63) is 0 Å². The summed E-state index contributed by atoms with van der Waals surface area (Å²) >= 11 is 0. The summed E-state index contributed by atoms with van der Waals surface area (Å²) in [7, 11) is 0. The zero-order valence-electron chi connectivity index (χ0n) is 13.5. The predicted octanol–water partition coefficient (Wildman–Crippen LogP) is 3.51. The molecule has 2 heteroatoms. The molecule has 0 spiro atoms. The average Bonchev–Trinajstić information content (AvgIpc) is 2.41. The van der Waals surface area contributed by atoms with Crippen molar-refractivity contribution in [1.82, 2.24) is 4.90 Å². The highest BCUT2D eigenvalue weighted by Crippen LogP contribution is 2.41. The molecule has 1 aliphatic carbocycles. The Morgan fingerprint density at radius 2 is 1.95 bits per heavy atom. The molecule has 2 rings (SSSR count). The van der Waals surface area contributed by atoms with E-state index in [1.807, 2.05) is 0 Å². The van der Waals surface area contributed by atoms with Gasteiger partial charge in [-0.3, -0.25) is 4.90 Å². The molecule has 112 valence electrons. The third-order valence-electron chi connectivity index (χ3n) is 6.19. The summed E-state index contributed by atoms with van der Waals surface area (Å²) in [5.74, 6) is 3.41. The normalized spacial score (nSPS) is 41.7. The summed E-state index contributed by atoms with van der Waals surface area (Å²) in [6.45, 7) is 13.0. The third kappa shape index (κ3) is 3.16. The first-order chi connectivity index (χ1) is 8.98. The molecule has 2 fully saturated rings. The molecule has 0 aromatic heterocycles. The summed E-state index contributed by atoms with van der Waals surface area (Å²) in [6, 6.07) is 0. The van der Waals surface area contributed by atoms with E-state index in [4.69, 9.17) is 5.73 Å². The lowest BCUT2D eigenvalue weighted by atomic mass is 9.70. The molecule has 4 unspecified atom stereocenters. The van der Waals surface area contributed by atoms with Gasteiger partial charge in [0.05, 0.1) is 0 Å². The number of hydrogen-bond acceptors (Lipinski definition) is 2. The Morgan fingerprint density at radius 3 is 2.53 bits per heavy atom. The van der Waals surface area contributed by atoms with Gasteiger partial charge in [-0.1, -0.05) is 40.5 Å². The van der Waals surface area contributed by atoms with Crippen molar-refractivity contribution in [2.75, 3.05) is 19.6 Å². The van der Waals surface area contributed by atoms with Crippen LogP contribution in [0.3, 0.4) is 0 Å². The standard InChI is InChI=1S/C17H34N2/c1-13(2)16-6-5-8-17(10-16,12-18)19-9-7-14(3)15(4)11-19/h13-16H,5-12,18H2,1-4H3. The van der Waals surface area contributed by atoms with Gasteiger partial charge in [0, 0.05) is 18.6 Å². The van der Waals surface area contributed by atoms with E-state index >= 15 is 0 Å². The second kappa shape index (κ2) is 6.13. The van der Waals surface area contributed by atoms with E-state index in [0.717, 1.165) is 30.2 Å². The number of nitrogens with two attached hydrogens (primary N) is 1. The zero-order valence-corrected chi connectivity index (χ0v) is 13.5. The van der Waals surface area contributed by atoms with Crippen LogP contribution in [0, 0.1) is 23.7 Å². The minimum Gasteiger partial charge on any atom is -0.329 e. The monoisotopic (exact) mass is 266 g/mol. The van der Waals surface area contributed by atoms with Crippen LogP contribution < -0.4 is 5.73 Å². The molecule has 0 amide bonds. The van der Waals surface area contributed by atoms with Crippen molar-refractivity contribution in [3.63, 3.8) is 0 Å². The predicted molar refractivity (Wildman–Crippen MR) is 83.1 cm³/mol. The molecule has 4 atom stereocenters. The smallest absolute Gasteiger partial charge is 0.0334 e. The Kier molecular flexibility index (Phi) is 4.94. The van der Waals surface area contributed by atoms with Crippen LogP contribution in [0.25, 0.3) is 0 Å². The van der Waals surface area contributed by atoms with Gasteiger partial charge >= 0.3 is 0 Å². The maximum absolute atomic E-state index is 6.27. The molecule has 1 aliphatic heterocycles. The molecule has 0 bridgehead atoms. The van der Waals surface area contributed by atoms with Crippen molar-refractivity contribution in [3.8, 4) is 0 Å². The topological polar surface area (TPSA) is 29.3 Å². The van der Waals surface area contributed by atoms with Crippen LogP contribution in [0.4, 0.5) is 0 Å². The van der Waals surface area contributed by atoms with Gasteiger partial charge in [-0.15, -0.1) is 0 Å². The Labute approximate surface area is 120 Å². The molecule has 0 radical (unpaired) electrons. The highest BCUT2D eigenvalue weighted by Gasteiger charge is 2.42. The van der Waals surface area contributed by atoms with Gasteiger partial charge in [0.2, 0.25) is 0 Å². The van der Waals surface area contributed by atoms with Crippen molar-refractivity contribution < 1.29 is 0 Å². The summed E-state index contributed by atoms with van der Waals surface area (Å²) in [4.78, 5) is 2.77. The number of nitrogens with zero attached hydrogens (tertiary/aromatic N) is 1. The van der Waals surface area contributed by atoms with Gasteiger partial charge in [0.15, 0.2) is 0 Å². The van der Waals surface area contributed by atoms with E-state index in [2.05, 4.69) is 32.6 Å². The average molecular weight is 266 g/mol. The van der Waals surface area contributed by atoms with Gasteiger partial charge in [0.1, 0.15) is 0 Å². The van der Waals surface area contributed by atoms with Gasteiger partial charge in [-0.25, -0.2) is 0 Å². The van der Waals surface area contributed by atoms with E-state index in [1.54, 1.807) is 0 Å². The van der Waals surface area contributed by atoms with E-state index in [9.17, 15) is 0 Å². The Hall–Kier alpha value is -0.0800.